The Balaban J connectivity index is 2.04. The summed E-state index contributed by atoms with van der Waals surface area (Å²) < 4.78 is 4.65. The number of methoxy groups -OCH3 is 1. The standard InChI is InChI=1S/C14H13NO3S/c1-18-14(17)11-8-19-9-12(11)15-13(16)7-10-5-3-2-4-6-10/h2-6,8-9H,7H2,1H3,(H,15,16). The molecule has 2 rings (SSSR count). The summed E-state index contributed by atoms with van der Waals surface area (Å²) in [6, 6.07) is 9.43. The lowest BCUT2D eigenvalue weighted by molar-refractivity contribution is -0.115. The summed E-state index contributed by atoms with van der Waals surface area (Å²) in [5.74, 6) is -0.606. The molecule has 1 heterocycles. The van der Waals surface area contributed by atoms with Crippen LogP contribution in [-0.2, 0) is 16.0 Å². The third-order valence-electron chi connectivity index (χ3n) is 2.55. The number of thiophene rings is 1. The summed E-state index contributed by atoms with van der Waals surface area (Å²) in [6.07, 6.45) is 0.275. The topological polar surface area (TPSA) is 55.4 Å². The average Bonchev–Trinajstić information content (AvgIpc) is 2.87. The van der Waals surface area contributed by atoms with Gasteiger partial charge in [0.05, 0.1) is 24.8 Å². The zero-order valence-corrected chi connectivity index (χ0v) is 11.2. The van der Waals surface area contributed by atoms with E-state index in [2.05, 4.69) is 10.1 Å². The van der Waals surface area contributed by atoms with Gasteiger partial charge in [0, 0.05) is 10.8 Å². The summed E-state index contributed by atoms with van der Waals surface area (Å²) in [7, 11) is 1.32. The molecule has 0 radical (unpaired) electrons. The lowest BCUT2D eigenvalue weighted by Gasteiger charge is -2.05. The molecule has 5 heteroatoms. The van der Waals surface area contributed by atoms with Crippen LogP contribution in [0, 0.1) is 0 Å². The molecule has 0 atom stereocenters. The Morgan fingerprint density at radius 3 is 2.63 bits per heavy atom. The number of hydrogen-bond acceptors (Lipinski definition) is 4. The second kappa shape index (κ2) is 6.15. The lowest BCUT2D eigenvalue weighted by atomic mass is 10.1. The highest BCUT2D eigenvalue weighted by Gasteiger charge is 2.14. The third-order valence-corrected chi connectivity index (χ3v) is 3.29. The molecule has 0 saturated heterocycles. The molecule has 19 heavy (non-hydrogen) atoms. The van der Waals surface area contributed by atoms with Gasteiger partial charge in [-0.3, -0.25) is 4.79 Å². The van der Waals surface area contributed by atoms with Gasteiger partial charge in [0.25, 0.3) is 0 Å². The molecular weight excluding hydrogens is 262 g/mol. The molecule has 0 aliphatic heterocycles. The quantitative estimate of drug-likeness (QED) is 0.873. The van der Waals surface area contributed by atoms with E-state index in [0.29, 0.717) is 11.3 Å². The maximum atomic E-state index is 11.9. The fourth-order valence-electron chi connectivity index (χ4n) is 1.64. The van der Waals surface area contributed by atoms with Crippen LogP contribution in [0.25, 0.3) is 0 Å². The van der Waals surface area contributed by atoms with Gasteiger partial charge < -0.3 is 10.1 Å². The molecular formula is C14H13NO3S. The van der Waals surface area contributed by atoms with Gasteiger partial charge in [-0.1, -0.05) is 30.3 Å². The monoisotopic (exact) mass is 275 g/mol. The normalized spacial score (nSPS) is 9.95. The van der Waals surface area contributed by atoms with Gasteiger partial charge in [-0.2, -0.15) is 0 Å². The molecule has 1 N–H and O–H groups in total. The molecule has 4 nitrogen and oxygen atoms in total. The van der Waals surface area contributed by atoms with Crippen molar-refractivity contribution in [3.63, 3.8) is 0 Å². The lowest BCUT2D eigenvalue weighted by Crippen LogP contribution is -2.16. The van der Waals surface area contributed by atoms with Crippen molar-refractivity contribution in [2.75, 3.05) is 12.4 Å². The molecule has 1 amide bonds. The Morgan fingerprint density at radius 1 is 1.21 bits per heavy atom. The van der Waals surface area contributed by atoms with E-state index in [1.165, 1.54) is 18.4 Å². The van der Waals surface area contributed by atoms with E-state index >= 15 is 0 Å². The van der Waals surface area contributed by atoms with Crippen LogP contribution in [-0.4, -0.2) is 19.0 Å². The molecule has 0 spiro atoms. The Morgan fingerprint density at radius 2 is 1.95 bits per heavy atom. The molecule has 0 fully saturated rings. The average molecular weight is 275 g/mol. The maximum Gasteiger partial charge on any atom is 0.340 e. The number of carbonyl (C=O) groups excluding carboxylic acids is 2. The van der Waals surface area contributed by atoms with Crippen LogP contribution < -0.4 is 5.32 Å². The molecule has 2 aromatic rings. The summed E-state index contributed by atoms with van der Waals surface area (Å²) in [6.45, 7) is 0. The molecule has 98 valence electrons. The van der Waals surface area contributed by atoms with Gasteiger partial charge in [-0.15, -0.1) is 11.3 Å². The predicted molar refractivity (Wildman–Crippen MR) is 74.4 cm³/mol. The van der Waals surface area contributed by atoms with Gasteiger partial charge in [0.2, 0.25) is 5.91 Å². The van der Waals surface area contributed by atoms with Crippen molar-refractivity contribution in [2.24, 2.45) is 0 Å². The zero-order valence-electron chi connectivity index (χ0n) is 10.4. The first-order valence-electron chi connectivity index (χ1n) is 5.69. The van der Waals surface area contributed by atoms with E-state index in [-0.39, 0.29) is 12.3 Å². The second-order valence-electron chi connectivity index (χ2n) is 3.90. The number of esters is 1. The Bertz CT molecular complexity index is 577. The number of benzene rings is 1. The van der Waals surface area contributed by atoms with E-state index in [4.69, 9.17) is 0 Å². The van der Waals surface area contributed by atoms with Crippen LogP contribution in [0.4, 0.5) is 5.69 Å². The summed E-state index contributed by atoms with van der Waals surface area (Å²) >= 11 is 1.34. The van der Waals surface area contributed by atoms with E-state index in [9.17, 15) is 9.59 Å². The Hall–Kier alpha value is -2.14. The molecule has 0 saturated carbocycles. The highest BCUT2D eigenvalue weighted by Crippen LogP contribution is 2.21. The number of anilines is 1. The summed E-state index contributed by atoms with van der Waals surface area (Å²) in [5, 5.41) is 6.10. The number of carbonyl (C=O) groups is 2. The minimum absolute atomic E-state index is 0.158. The van der Waals surface area contributed by atoms with Crippen molar-refractivity contribution in [3.05, 3.63) is 52.2 Å². The Labute approximate surface area is 115 Å². The third kappa shape index (κ3) is 3.42. The van der Waals surface area contributed by atoms with Gasteiger partial charge in [0.15, 0.2) is 0 Å². The van der Waals surface area contributed by atoms with Crippen LogP contribution >= 0.6 is 11.3 Å². The van der Waals surface area contributed by atoms with E-state index in [0.717, 1.165) is 5.56 Å². The highest BCUT2D eigenvalue weighted by atomic mass is 32.1. The van der Waals surface area contributed by atoms with Crippen molar-refractivity contribution in [1.29, 1.82) is 0 Å². The number of rotatable bonds is 4. The smallest absolute Gasteiger partial charge is 0.340 e. The molecule has 0 unspecified atom stereocenters. The minimum atomic E-state index is -0.448. The van der Waals surface area contributed by atoms with Crippen molar-refractivity contribution >= 4 is 28.9 Å². The summed E-state index contributed by atoms with van der Waals surface area (Å²) in [5.41, 5.74) is 1.81. The van der Waals surface area contributed by atoms with E-state index < -0.39 is 5.97 Å². The number of amides is 1. The summed E-state index contributed by atoms with van der Waals surface area (Å²) in [4.78, 5) is 23.4. The Kier molecular flexibility index (Phi) is 4.30. The molecule has 1 aromatic carbocycles. The largest absolute Gasteiger partial charge is 0.465 e. The van der Waals surface area contributed by atoms with E-state index in [1.807, 2.05) is 30.3 Å². The fourth-order valence-corrected chi connectivity index (χ4v) is 2.39. The number of nitrogens with one attached hydrogen (secondary N) is 1. The van der Waals surface area contributed by atoms with Gasteiger partial charge in [-0.25, -0.2) is 4.79 Å². The molecule has 1 aromatic heterocycles. The van der Waals surface area contributed by atoms with Crippen LogP contribution in [0.2, 0.25) is 0 Å². The molecule has 0 aliphatic carbocycles. The first kappa shape index (κ1) is 13.3. The molecule has 0 bridgehead atoms. The minimum Gasteiger partial charge on any atom is -0.465 e. The predicted octanol–water partition coefficient (Wildman–Crippen LogP) is 2.72. The van der Waals surface area contributed by atoms with Crippen molar-refractivity contribution in [3.8, 4) is 0 Å². The van der Waals surface area contributed by atoms with Gasteiger partial charge in [-0.05, 0) is 5.56 Å². The first-order chi connectivity index (χ1) is 9.20. The van der Waals surface area contributed by atoms with Crippen LogP contribution in [0.15, 0.2) is 41.1 Å². The zero-order chi connectivity index (χ0) is 13.7. The first-order valence-corrected chi connectivity index (χ1v) is 6.63. The van der Waals surface area contributed by atoms with Crippen LogP contribution in [0.5, 0.6) is 0 Å². The van der Waals surface area contributed by atoms with Gasteiger partial charge in [0.1, 0.15) is 0 Å². The van der Waals surface area contributed by atoms with Crippen molar-refractivity contribution in [2.45, 2.75) is 6.42 Å². The van der Waals surface area contributed by atoms with Crippen molar-refractivity contribution < 1.29 is 14.3 Å². The van der Waals surface area contributed by atoms with Crippen LogP contribution in [0.1, 0.15) is 15.9 Å². The maximum absolute atomic E-state index is 11.9. The molecule has 0 aliphatic rings. The fraction of sp³-hybridized carbons (Fsp3) is 0.143. The van der Waals surface area contributed by atoms with Gasteiger partial charge >= 0.3 is 5.97 Å². The highest BCUT2D eigenvalue weighted by molar-refractivity contribution is 7.08. The van der Waals surface area contributed by atoms with Crippen molar-refractivity contribution in [1.82, 2.24) is 0 Å². The van der Waals surface area contributed by atoms with Crippen LogP contribution in [0.3, 0.4) is 0 Å². The SMILES string of the molecule is COC(=O)c1cscc1NC(=O)Cc1ccccc1. The van der Waals surface area contributed by atoms with E-state index in [1.54, 1.807) is 10.8 Å². The number of hydrogen-bond donors (Lipinski definition) is 1. The second-order valence-corrected chi connectivity index (χ2v) is 4.64. The number of ether oxygens (including phenoxy) is 1.